The summed E-state index contributed by atoms with van der Waals surface area (Å²) in [5.74, 6) is 0.748. The maximum absolute atomic E-state index is 12.6. The van der Waals surface area contributed by atoms with E-state index >= 15 is 0 Å². The third kappa shape index (κ3) is 4.50. The van der Waals surface area contributed by atoms with Crippen LogP contribution < -0.4 is 0 Å². The zero-order valence-corrected chi connectivity index (χ0v) is 17.7. The summed E-state index contributed by atoms with van der Waals surface area (Å²) in [4.78, 5) is 14.2. The van der Waals surface area contributed by atoms with E-state index in [2.05, 4.69) is 20.8 Å². The zero-order chi connectivity index (χ0) is 20.1. The van der Waals surface area contributed by atoms with Crippen molar-refractivity contribution in [2.45, 2.75) is 55.5 Å². The van der Waals surface area contributed by atoms with E-state index in [0.717, 1.165) is 29.4 Å². The van der Waals surface area contributed by atoms with Gasteiger partial charge < -0.3 is 4.90 Å². The number of nitrogens with zero attached hydrogens (tertiary/aromatic N) is 5. The molecule has 0 saturated heterocycles. The van der Waals surface area contributed by atoms with Gasteiger partial charge in [-0.3, -0.25) is 9.36 Å². The van der Waals surface area contributed by atoms with Gasteiger partial charge in [0, 0.05) is 25.2 Å². The molecule has 2 aromatic rings. The molecule has 1 aliphatic rings. The van der Waals surface area contributed by atoms with Crippen LogP contribution in [0.15, 0.2) is 29.4 Å². The van der Waals surface area contributed by atoms with Crippen molar-refractivity contribution < 1.29 is 4.79 Å². The average Bonchev–Trinajstić information content (AvgIpc) is 3.35. The zero-order valence-electron chi connectivity index (χ0n) is 16.1. The van der Waals surface area contributed by atoms with Crippen molar-refractivity contribution in [3.05, 3.63) is 29.3 Å². The van der Waals surface area contributed by atoms with E-state index in [1.165, 1.54) is 24.6 Å². The van der Waals surface area contributed by atoms with Crippen molar-refractivity contribution in [2.75, 3.05) is 13.6 Å². The van der Waals surface area contributed by atoms with Gasteiger partial charge in [0.15, 0.2) is 11.0 Å². The van der Waals surface area contributed by atoms with Crippen molar-refractivity contribution in [1.82, 2.24) is 19.7 Å². The fraction of sp³-hybridized carbons (Fsp3) is 0.500. The average molecular weight is 418 g/mol. The number of nitriles is 1. The van der Waals surface area contributed by atoms with Gasteiger partial charge in [-0.05, 0) is 31.9 Å². The van der Waals surface area contributed by atoms with E-state index in [-0.39, 0.29) is 11.2 Å². The predicted molar refractivity (Wildman–Crippen MR) is 111 cm³/mol. The van der Waals surface area contributed by atoms with Crippen LogP contribution in [-0.2, 0) is 4.79 Å². The lowest BCUT2D eigenvalue weighted by Gasteiger charge is -2.21. The molecule has 0 spiro atoms. The molecule has 1 aromatic carbocycles. The first kappa shape index (κ1) is 20.7. The summed E-state index contributed by atoms with van der Waals surface area (Å²) >= 11 is 7.84. The Hall–Kier alpha value is -2.04. The van der Waals surface area contributed by atoms with Gasteiger partial charge in [0.25, 0.3) is 0 Å². The molecule has 0 N–H and O–H groups in total. The largest absolute Gasteiger partial charge is 0.344 e. The Bertz CT molecular complexity index is 872. The third-order valence-corrected chi connectivity index (χ3v) is 6.41. The predicted octanol–water partition coefficient (Wildman–Crippen LogP) is 4.57. The van der Waals surface area contributed by atoms with Gasteiger partial charge in [0.05, 0.1) is 22.8 Å². The lowest BCUT2D eigenvalue weighted by molar-refractivity contribution is -0.128. The second kappa shape index (κ2) is 9.44. The Labute approximate surface area is 174 Å². The first-order valence-corrected chi connectivity index (χ1v) is 10.8. The highest BCUT2D eigenvalue weighted by Gasteiger charge is 2.28. The summed E-state index contributed by atoms with van der Waals surface area (Å²) in [7, 11) is 1.73. The highest BCUT2D eigenvalue weighted by molar-refractivity contribution is 8.00. The van der Waals surface area contributed by atoms with Gasteiger partial charge in [-0.2, -0.15) is 5.26 Å². The topological polar surface area (TPSA) is 74.8 Å². The minimum absolute atomic E-state index is 0.0134. The van der Waals surface area contributed by atoms with Crippen molar-refractivity contribution in [3.63, 3.8) is 0 Å². The molecule has 1 aliphatic carbocycles. The quantitative estimate of drug-likeness (QED) is 0.617. The van der Waals surface area contributed by atoms with Crippen LogP contribution in [-0.4, -0.2) is 44.4 Å². The summed E-state index contributed by atoms with van der Waals surface area (Å²) in [6.45, 7) is 2.30. The molecular weight excluding hydrogens is 394 g/mol. The van der Waals surface area contributed by atoms with Crippen molar-refractivity contribution in [1.29, 1.82) is 5.26 Å². The summed E-state index contributed by atoms with van der Waals surface area (Å²) in [5, 5.41) is 18.7. The van der Waals surface area contributed by atoms with E-state index in [4.69, 9.17) is 16.9 Å². The van der Waals surface area contributed by atoms with Crippen LogP contribution in [0.2, 0.25) is 5.02 Å². The Morgan fingerprint density at radius 2 is 2.11 bits per heavy atom. The molecule has 3 rings (SSSR count). The number of rotatable bonds is 7. The second-order valence-corrected chi connectivity index (χ2v) is 8.74. The van der Waals surface area contributed by atoms with Crippen LogP contribution >= 0.6 is 23.4 Å². The molecule has 1 heterocycles. The van der Waals surface area contributed by atoms with Crippen LogP contribution in [0.4, 0.5) is 0 Å². The molecule has 1 saturated carbocycles. The standard InChI is InChI=1S/C20H24ClN5OS/c1-14(19(27)25(2)13-7-12-22)28-20-24-23-18(16-10-5-6-11-17(16)21)26(20)15-8-3-4-9-15/h5-6,10-11,14-15H,3-4,7-9,13H2,1-2H3/t14-/m0/s1. The second-order valence-electron chi connectivity index (χ2n) is 7.02. The van der Waals surface area contributed by atoms with Gasteiger partial charge in [-0.15, -0.1) is 10.2 Å². The highest BCUT2D eigenvalue weighted by atomic mass is 35.5. The number of benzene rings is 1. The lowest BCUT2D eigenvalue weighted by Crippen LogP contribution is -2.34. The number of thioether (sulfide) groups is 1. The van der Waals surface area contributed by atoms with Crippen LogP contribution in [0.1, 0.15) is 45.1 Å². The maximum Gasteiger partial charge on any atom is 0.235 e. The number of carbonyl (C=O) groups is 1. The maximum atomic E-state index is 12.6. The Morgan fingerprint density at radius 3 is 2.79 bits per heavy atom. The van der Waals surface area contributed by atoms with E-state index in [0.29, 0.717) is 24.0 Å². The molecule has 1 aromatic heterocycles. The van der Waals surface area contributed by atoms with E-state index in [1.807, 2.05) is 31.2 Å². The Morgan fingerprint density at radius 1 is 1.39 bits per heavy atom. The number of carbonyl (C=O) groups excluding carboxylic acids is 1. The van der Waals surface area contributed by atoms with Crippen molar-refractivity contribution >= 4 is 29.3 Å². The Kier molecular flexibility index (Phi) is 6.97. The molecule has 0 unspecified atom stereocenters. The minimum atomic E-state index is -0.313. The first-order chi connectivity index (χ1) is 13.5. The van der Waals surface area contributed by atoms with Gasteiger partial charge >= 0.3 is 0 Å². The van der Waals surface area contributed by atoms with Gasteiger partial charge in [0.2, 0.25) is 5.91 Å². The Balaban J connectivity index is 1.88. The monoisotopic (exact) mass is 417 g/mol. The van der Waals surface area contributed by atoms with Crippen molar-refractivity contribution in [2.24, 2.45) is 0 Å². The SMILES string of the molecule is C[C@H](Sc1nnc(-c2ccccc2Cl)n1C1CCCC1)C(=O)N(C)CCC#N. The fourth-order valence-corrected chi connectivity index (χ4v) is 4.78. The van der Waals surface area contributed by atoms with E-state index < -0.39 is 0 Å². The molecule has 1 atom stereocenters. The molecule has 148 valence electrons. The van der Waals surface area contributed by atoms with Crippen molar-refractivity contribution in [3.8, 4) is 17.5 Å². The number of halogens is 1. The summed E-state index contributed by atoms with van der Waals surface area (Å²) in [6, 6.07) is 10.0. The lowest BCUT2D eigenvalue weighted by atomic mass is 10.2. The summed E-state index contributed by atoms with van der Waals surface area (Å²) in [6.07, 6.45) is 4.84. The first-order valence-electron chi connectivity index (χ1n) is 9.51. The molecule has 8 heteroatoms. The van der Waals surface area contributed by atoms with Gasteiger partial charge in [0.1, 0.15) is 0 Å². The smallest absolute Gasteiger partial charge is 0.235 e. The molecule has 0 bridgehead atoms. The normalized spacial score (nSPS) is 15.4. The molecule has 0 aliphatic heterocycles. The summed E-state index contributed by atoms with van der Waals surface area (Å²) in [5.41, 5.74) is 0.862. The number of aromatic nitrogens is 3. The molecular formula is C20H24ClN5OS. The van der Waals surface area contributed by atoms with E-state index in [1.54, 1.807) is 11.9 Å². The van der Waals surface area contributed by atoms with E-state index in [9.17, 15) is 4.79 Å². The fourth-order valence-electron chi connectivity index (χ4n) is 3.52. The van der Waals surface area contributed by atoms with Crippen LogP contribution in [0, 0.1) is 11.3 Å². The molecule has 1 fully saturated rings. The number of amides is 1. The van der Waals surface area contributed by atoms with Crippen LogP contribution in [0.25, 0.3) is 11.4 Å². The molecule has 0 radical (unpaired) electrons. The third-order valence-electron chi connectivity index (χ3n) is 5.03. The molecule has 6 nitrogen and oxygen atoms in total. The highest BCUT2D eigenvalue weighted by Crippen LogP contribution is 2.39. The minimum Gasteiger partial charge on any atom is -0.344 e. The number of hydrogen-bond donors (Lipinski definition) is 0. The van der Waals surface area contributed by atoms with Gasteiger partial charge in [-0.25, -0.2) is 0 Å². The van der Waals surface area contributed by atoms with Crippen LogP contribution in [0.5, 0.6) is 0 Å². The number of hydrogen-bond acceptors (Lipinski definition) is 5. The summed E-state index contributed by atoms with van der Waals surface area (Å²) < 4.78 is 2.16. The molecule has 28 heavy (non-hydrogen) atoms. The molecule has 1 amide bonds. The van der Waals surface area contributed by atoms with Crippen LogP contribution in [0.3, 0.4) is 0 Å². The van der Waals surface area contributed by atoms with Gasteiger partial charge in [-0.1, -0.05) is 48.3 Å².